The van der Waals surface area contributed by atoms with Crippen molar-refractivity contribution >= 4 is 23.8 Å². The van der Waals surface area contributed by atoms with Gasteiger partial charge in [0.15, 0.2) is 0 Å². The largest absolute Gasteiger partial charge is 0.350 e. The van der Waals surface area contributed by atoms with Gasteiger partial charge in [-0.25, -0.2) is 31.3 Å². The number of primary amides is 2. The van der Waals surface area contributed by atoms with Crippen molar-refractivity contribution in [3.63, 3.8) is 0 Å². The number of urea groups is 2. The number of hydrogen-bond donors (Lipinski definition) is 4. The summed E-state index contributed by atoms with van der Waals surface area (Å²) in [7, 11) is 0. The van der Waals surface area contributed by atoms with E-state index in [1.54, 1.807) is 12.1 Å². The fourth-order valence-electron chi connectivity index (χ4n) is 2.26. The first kappa shape index (κ1) is 18.8. The molecule has 26 heavy (non-hydrogen) atoms. The molecule has 0 saturated heterocycles. The molecule has 2 rings (SSSR count). The number of carbonyl (C=O) groups is 2. The van der Waals surface area contributed by atoms with Gasteiger partial charge in [-0.1, -0.05) is 0 Å². The van der Waals surface area contributed by atoms with Crippen LogP contribution >= 0.6 is 11.8 Å². The molecule has 0 bridgehead atoms. The normalized spacial score (nSPS) is 14.5. The molecule has 0 unspecified atom stereocenters. The molecular weight excluding hydrogens is 358 g/mol. The molecule has 0 aromatic carbocycles. The Hall–Kier alpha value is -3.58. The number of amides is 4. The van der Waals surface area contributed by atoms with E-state index in [0.29, 0.717) is 27.3 Å². The molecule has 0 aliphatic carbocycles. The van der Waals surface area contributed by atoms with Crippen LogP contribution in [0.25, 0.3) is 0 Å². The molecule has 0 radical (unpaired) electrons. The highest BCUT2D eigenvalue weighted by molar-refractivity contribution is 8.06. The molecule has 4 amide bonds. The molecule has 1 aliphatic heterocycles. The van der Waals surface area contributed by atoms with E-state index in [9.17, 15) is 20.1 Å². The molecule has 1 aromatic rings. The van der Waals surface area contributed by atoms with Gasteiger partial charge < -0.3 is 11.5 Å². The number of allylic oxidation sites excluding steroid dienone is 2. The van der Waals surface area contributed by atoms with E-state index >= 15 is 0 Å². The van der Waals surface area contributed by atoms with Crippen LogP contribution in [0.5, 0.6) is 0 Å². The molecule has 1 aliphatic rings. The van der Waals surface area contributed by atoms with Crippen molar-refractivity contribution in [2.24, 2.45) is 23.2 Å². The third kappa shape index (κ3) is 3.28. The summed E-state index contributed by atoms with van der Waals surface area (Å²) < 4.78 is 0. The van der Waals surface area contributed by atoms with Crippen molar-refractivity contribution in [3.8, 4) is 12.1 Å². The summed E-state index contributed by atoms with van der Waals surface area (Å²) in [5.74, 6) is 10.4. The van der Waals surface area contributed by atoms with Crippen LogP contribution in [0.2, 0.25) is 0 Å². The average Bonchev–Trinajstić information content (AvgIpc) is 2.65. The van der Waals surface area contributed by atoms with Crippen LogP contribution in [0.3, 0.4) is 0 Å². The van der Waals surface area contributed by atoms with Crippen LogP contribution < -0.4 is 23.2 Å². The van der Waals surface area contributed by atoms with Gasteiger partial charge in [0.05, 0.1) is 29.2 Å². The van der Waals surface area contributed by atoms with E-state index in [2.05, 4.69) is 4.98 Å². The molecule has 2 heterocycles. The van der Waals surface area contributed by atoms with Crippen molar-refractivity contribution in [2.45, 2.75) is 5.92 Å². The van der Waals surface area contributed by atoms with E-state index in [1.165, 1.54) is 12.4 Å². The topological polar surface area (TPSA) is 205 Å². The Labute approximate surface area is 152 Å². The zero-order valence-corrected chi connectivity index (χ0v) is 14.0. The smallest absolute Gasteiger partial charge is 0.334 e. The van der Waals surface area contributed by atoms with Gasteiger partial charge in [0, 0.05) is 12.4 Å². The minimum atomic E-state index is -1.05. The maximum Gasteiger partial charge on any atom is 0.334 e. The highest BCUT2D eigenvalue weighted by Crippen LogP contribution is 2.47. The van der Waals surface area contributed by atoms with Crippen molar-refractivity contribution in [1.82, 2.24) is 15.0 Å². The monoisotopic (exact) mass is 371 g/mol. The van der Waals surface area contributed by atoms with Gasteiger partial charge >= 0.3 is 12.1 Å². The highest BCUT2D eigenvalue weighted by atomic mass is 32.2. The second kappa shape index (κ2) is 7.54. The number of nitrogens with two attached hydrogens (primary N) is 4. The Morgan fingerprint density at radius 2 is 1.42 bits per heavy atom. The molecule has 11 nitrogen and oxygen atoms in total. The van der Waals surface area contributed by atoms with Crippen LogP contribution in [-0.4, -0.2) is 27.1 Å². The van der Waals surface area contributed by atoms with Crippen LogP contribution in [0.1, 0.15) is 11.5 Å². The second-order valence-corrected chi connectivity index (χ2v) is 5.87. The highest BCUT2D eigenvalue weighted by Gasteiger charge is 2.37. The zero-order chi connectivity index (χ0) is 19.4. The first-order valence-electron chi connectivity index (χ1n) is 6.88. The number of rotatable bonds is 3. The lowest BCUT2D eigenvalue weighted by molar-refractivity contribution is 0.223. The van der Waals surface area contributed by atoms with E-state index in [-0.39, 0.29) is 21.2 Å². The second-order valence-electron chi connectivity index (χ2n) is 4.89. The molecule has 8 N–H and O–H groups in total. The summed E-state index contributed by atoms with van der Waals surface area (Å²) in [5.41, 5.74) is 10.9. The predicted octanol–water partition coefficient (Wildman–Crippen LogP) is -0.109. The van der Waals surface area contributed by atoms with Gasteiger partial charge in [0.1, 0.15) is 10.1 Å². The van der Waals surface area contributed by atoms with Crippen molar-refractivity contribution in [1.29, 1.82) is 10.5 Å². The zero-order valence-electron chi connectivity index (χ0n) is 13.2. The third-order valence-corrected chi connectivity index (χ3v) is 4.64. The summed E-state index contributed by atoms with van der Waals surface area (Å²) in [6.07, 6.45) is 2.92. The molecular formula is C14H13N9O2S. The molecule has 0 saturated carbocycles. The predicted molar refractivity (Wildman–Crippen MR) is 91.1 cm³/mol. The summed E-state index contributed by atoms with van der Waals surface area (Å²) in [5, 5.41) is 20.2. The van der Waals surface area contributed by atoms with Gasteiger partial charge in [-0.2, -0.15) is 10.5 Å². The number of aromatic nitrogens is 1. The van der Waals surface area contributed by atoms with E-state index in [4.69, 9.17) is 23.2 Å². The number of carbonyl (C=O) groups excluding carboxylic acids is 2. The maximum atomic E-state index is 11.5. The van der Waals surface area contributed by atoms with Crippen LogP contribution in [0.15, 0.2) is 45.7 Å². The summed E-state index contributed by atoms with van der Waals surface area (Å²) in [6, 6.07) is 4.93. The van der Waals surface area contributed by atoms with Crippen molar-refractivity contribution in [2.75, 3.05) is 0 Å². The summed E-state index contributed by atoms with van der Waals surface area (Å²) in [6.45, 7) is 0. The average molecular weight is 371 g/mol. The van der Waals surface area contributed by atoms with Gasteiger partial charge in [0.2, 0.25) is 0 Å². The van der Waals surface area contributed by atoms with E-state index < -0.39 is 18.0 Å². The quantitative estimate of drug-likeness (QED) is 0.319. The van der Waals surface area contributed by atoms with Crippen molar-refractivity contribution < 1.29 is 9.59 Å². The number of hydrogen-bond acceptors (Lipinski definition) is 8. The summed E-state index contributed by atoms with van der Waals surface area (Å²) >= 11 is 0.667. The maximum absolute atomic E-state index is 11.5. The lowest BCUT2D eigenvalue weighted by Crippen LogP contribution is -2.44. The van der Waals surface area contributed by atoms with Gasteiger partial charge in [0.25, 0.3) is 0 Å². The van der Waals surface area contributed by atoms with E-state index in [1.807, 2.05) is 12.1 Å². The number of nitriles is 2. The fraction of sp³-hybridized carbons (Fsp3) is 0.0714. The van der Waals surface area contributed by atoms with Crippen LogP contribution in [0, 0.1) is 22.7 Å². The van der Waals surface area contributed by atoms with Gasteiger partial charge in [-0.3, -0.25) is 4.98 Å². The minimum absolute atomic E-state index is 0.0133. The fourth-order valence-corrected chi connectivity index (χ4v) is 3.37. The molecule has 132 valence electrons. The molecule has 0 spiro atoms. The third-order valence-electron chi connectivity index (χ3n) is 3.42. The van der Waals surface area contributed by atoms with Gasteiger partial charge in [-0.15, -0.1) is 0 Å². The Morgan fingerprint density at radius 3 is 1.77 bits per heavy atom. The lowest BCUT2D eigenvalue weighted by Gasteiger charge is -2.31. The Kier molecular flexibility index (Phi) is 5.44. The molecule has 0 fully saturated rings. The Balaban J connectivity index is 2.79. The number of thioether (sulfide) groups is 1. The molecule has 1 aromatic heterocycles. The van der Waals surface area contributed by atoms with Crippen molar-refractivity contribution in [3.05, 3.63) is 51.3 Å². The number of hydrazine groups is 2. The molecule has 0 atom stereocenters. The van der Waals surface area contributed by atoms with Crippen LogP contribution in [-0.2, 0) is 0 Å². The Bertz CT molecular complexity index is 843. The van der Waals surface area contributed by atoms with Gasteiger partial charge in [-0.05, 0) is 29.5 Å². The summed E-state index contributed by atoms with van der Waals surface area (Å²) in [4.78, 5) is 26.9. The standard InChI is InChI=1S/C14H13N9O2S/c15-5-8-10(7-1-3-21-4-2-7)9(6-16)12(23(20)14(18)25)26-11(8)22(19)13(17)24/h1-4,10H,19-20H2,(H2,17,24)(H2,18,25). The Morgan fingerprint density at radius 1 is 1.00 bits per heavy atom. The number of nitrogens with zero attached hydrogens (tertiary/aromatic N) is 5. The first-order chi connectivity index (χ1) is 12.3. The van der Waals surface area contributed by atoms with E-state index in [0.717, 1.165) is 0 Å². The lowest BCUT2D eigenvalue weighted by atomic mass is 9.86. The molecule has 12 heteroatoms. The number of pyridine rings is 1. The SMILES string of the molecule is N#CC1=C(N(N)C(N)=O)SC(N(N)C(N)=O)=C(C#N)C1c1ccncc1. The first-order valence-corrected chi connectivity index (χ1v) is 7.69. The van der Waals surface area contributed by atoms with Crippen LogP contribution in [0.4, 0.5) is 9.59 Å². The minimum Gasteiger partial charge on any atom is -0.350 e.